The second kappa shape index (κ2) is 12.0. The van der Waals surface area contributed by atoms with Gasteiger partial charge in [-0.05, 0) is 74.3 Å². The summed E-state index contributed by atoms with van der Waals surface area (Å²) in [6, 6.07) is 12.8. The van der Waals surface area contributed by atoms with E-state index in [-0.39, 0.29) is 0 Å². The number of methoxy groups -OCH3 is 1. The average Bonchev–Trinajstić information content (AvgIpc) is 3.30. The minimum atomic E-state index is 0.677. The summed E-state index contributed by atoms with van der Waals surface area (Å²) < 4.78 is 5.25. The first-order valence-corrected chi connectivity index (χ1v) is 11.9. The molecule has 1 saturated heterocycles. The van der Waals surface area contributed by atoms with Crippen molar-refractivity contribution in [1.82, 2.24) is 15.1 Å². The maximum Gasteiger partial charge on any atom is 0.193 e. The third kappa shape index (κ3) is 7.03. The van der Waals surface area contributed by atoms with E-state index in [4.69, 9.17) is 9.73 Å². The lowest BCUT2D eigenvalue weighted by Gasteiger charge is -2.31. The number of thiophene rings is 1. The van der Waals surface area contributed by atoms with Crippen LogP contribution in [0.5, 0.6) is 5.75 Å². The van der Waals surface area contributed by atoms with Crippen molar-refractivity contribution in [2.75, 3.05) is 46.9 Å². The molecule has 5 nitrogen and oxygen atoms in total. The third-order valence-corrected chi connectivity index (χ3v) is 6.68. The van der Waals surface area contributed by atoms with Gasteiger partial charge in [-0.25, -0.2) is 0 Å². The van der Waals surface area contributed by atoms with E-state index in [2.05, 4.69) is 58.7 Å². The molecule has 1 aromatic heterocycles. The number of guanidine groups is 1. The number of benzene rings is 1. The lowest BCUT2D eigenvalue weighted by atomic mass is 9.96. The van der Waals surface area contributed by atoms with Crippen LogP contribution < -0.4 is 10.1 Å². The molecule has 2 heterocycles. The van der Waals surface area contributed by atoms with E-state index >= 15 is 0 Å². The van der Waals surface area contributed by atoms with Crippen molar-refractivity contribution >= 4 is 17.3 Å². The topological polar surface area (TPSA) is 40.1 Å². The number of ether oxygens (including phenoxy) is 1. The molecule has 164 valence electrons. The van der Waals surface area contributed by atoms with Crippen LogP contribution in [0.4, 0.5) is 0 Å². The van der Waals surface area contributed by atoms with Crippen LogP contribution in [0.2, 0.25) is 0 Å². The first-order valence-electron chi connectivity index (χ1n) is 11.0. The van der Waals surface area contributed by atoms with Gasteiger partial charge in [-0.1, -0.05) is 18.2 Å². The fourth-order valence-corrected chi connectivity index (χ4v) is 4.54. The monoisotopic (exact) mass is 428 g/mol. The van der Waals surface area contributed by atoms with Crippen LogP contribution in [0.25, 0.3) is 0 Å². The molecule has 0 unspecified atom stereocenters. The van der Waals surface area contributed by atoms with Gasteiger partial charge in [0.05, 0.1) is 7.11 Å². The van der Waals surface area contributed by atoms with Crippen molar-refractivity contribution in [2.45, 2.75) is 32.7 Å². The molecule has 30 heavy (non-hydrogen) atoms. The van der Waals surface area contributed by atoms with Crippen LogP contribution in [0.3, 0.4) is 0 Å². The molecule has 0 atom stereocenters. The zero-order valence-corrected chi connectivity index (χ0v) is 19.5. The smallest absolute Gasteiger partial charge is 0.193 e. The van der Waals surface area contributed by atoms with Crippen molar-refractivity contribution in [2.24, 2.45) is 10.9 Å². The Bertz CT molecular complexity index is 752. The summed E-state index contributed by atoms with van der Waals surface area (Å²) in [7, 11) is 3.86. The van der Waals surface area contributed by atoms with Crippen LogP contribution in [-0.2, 0) is 13.0 Å². The molecule has 0 radical (unpaired) electrons. The minimum absolute atomic E-state index is 0.677. The number of hydrogen-bond acceptors (Lipinski definition) is 4. The number of aliphatic imine (C=N–C) groups is 1. The van der Waals surface area contributed by atoms with Crippen molar-refractivity contribution in [1.29, 1.82) is 0 Å². The summed E-state index contributed by atoms with van der Waals surface area (Å²) in [5, 5.41) is 5.61. The Morgan fingerprint density at radius 3 is 2.63 bits per heavy atom. The molecule has 1 N–H and O–H groups in total. The number of likely N-dealkylation sites (tertiary alicyclic amines) is 1. The Morgan fingerprint density at radius 1 is 1.23 bits per heavy atom. The van der Waals surface area contributed by atoms with Crippen molar-refractivity contribution in [3.05, 3.63) is 52.2 Å². The van der Waals surface area contributed by atoms with Gasteiger partial charge in [0, 0.05) is 38.1 Å². The first kappa shape index (κ1) is 22.6. The van der Waals surface area contributed by atoms with Gasteiger partial charge in [-0.15, -0.1) is 11.3 Å². The number of piperidine rings is 1. The van der Waals surface area contributed by atoms with Crippen molar-refractivity contribution in [3.8, 4) is 5.75 Å². The third-order valence-electron chi connectivity index (χ3n) is 5.74. The summed E-state index contributed by atoms with van der Waals surface area (Å²) in [6.45, 7) is 8.28. The standard InChI is InChI=1S/C24H36N4OS/c1-4-25-24(27(2)14-13-23-6-5-17-30-23)26-18-20-11-15-28(16-12-20)19-21-7-9-22(29-3)10-8-21/h5-10,17,20H,4,11-16,18-19H2,1-3H3,(H,25,26). The van der Waals surface area contributed by atoms with Crippen LogP contribution in [-0.4, -0.2) is 62.6 Å². The van der Waals surface area contributed by atoms with Crippen LogP contribution in [0, 0.1) is 5.92 Å². The highest BCUT2D eigenvalue weighted by atomic mass is 32.1. The van der Waals surface area contributed by atoms with E-state index in [1.54, 1.807) is 7.11 Å². The summed E-state index contributed by atoms with van der Waals surface area (Å²) in [6.07, 6.45) is 3.51. The van der Waals surface area contributed by atoms with Gasteiger partial charge in [-0.2, -0.15) is 0 Å². The quantitative estimate of drug-likeness (QED) is 0.482. The highest BCUT2D eigenvalue weighted by Gasteiger charge is 2.19. The second-order valence-corrected chi connectivity index (χ2v) is 9.05. The van der Waals surface area contributed by atoms with Crippen LogP contribution in [0.15, 0.2) is 46.8 Å². The molecule has 1 aromatic carbocycles. The Morgan fingerprint density at radius 2 is 2.00 bits per heavy atom. The highest BCUT2D eigenvalue weighted by molar-refractivity contribution is 7.09. The molecule has 1 fully saturated rings. The molecule has 2 aromatic rings. The normalized spacial score (nSPS) is 15.9. The predicted molar refractivity (Wildman–Crippen MR) is 128 cm³/mol. The Balaban J connectivity index is 1.43. The maximum absolute atomic E-state index is 5.25. The molecular weight excluding hydrogens is 392 g/mol. The van der Waals surface area contributed by atoms with E-state index in [0.717, 1.165) is 57.4 Å². The van der Waals surface area contributed by atoms with Gasteiger partial charge in [-0.3, -0.25) is 9.89 Å². The number of hydrogen-bond donors (Lipinski definition) is 1. The lowest BCUT2D eigenvalue weighted by molar-refractivity contribution is 0.180. The van der Waals surface area contributed by atoms with Gasteiger partial charge in [0.25, 0.3) is 0 Å². The van der Waals surface area contributed by atoms with E-state index < -0.39 is 0 Å². The fraction of sp³-hybridized carbons (Fsp3) is 0.542. The van der Waals surface area contributed by atoms with E-state index in [0.29, 0.717) is 5.92 Å². The number of rotatable bonds is 9. The van der Waals surface area contributed by atoms with E-state index in [1.807, 2.05) is 23.5 Å². The second-order valence-electron chi connectivity index (χ2n) is 8.01. The molecule has 0 amide bonds. The SMILES string of the molecule is CCNC(=NCC1CCN(Cc2ccc(OC)cc2)CC1)N(C)CCc1cccs1. The molecule has 6 heteroatoms. The van der Waals surface area contributed by atoms with Gasteiger partial charge < -0.3 is 15.0 Å². The zero-order valence-electron chi connectivity index (χ0n) is 18.6. The molecular formula is C24H36N4OS. The molecule has 3 rings (SSSR count). The Kier molecular flexibility index (Phi) is 9.02. The van der Waals surface area contributed by atoms with Gasteiger partial charge >= 0.3 is 0 Å². The largest absolute Gasteiger partial charge is 0.497 e. The molecule has 0 spiro atoms. The lowest BCUT2D eigenvalue weighted by Crippen LogP contribution is -2.40. The molecule has 1 aliphatic rings. The highest BCUT2D eigenvalue weighted by Crippen LogP contribution is 2.20. The molecule has 1 aliphatic heterocycles. The summed E-state index contributed by atoms with van der Waals surface area (Å²) in [5.74, 6) is 2.64. The molecule has 0 aliphatic carbocycles. The Labute approximate surface area is 185 Å². The predicted octanol–water partition coefficient (Wildman–Crippen LogP) is 4.11. The van der Waals surface area contributed by atoms with E-state index in [9.17, 15) is 0 Å². The van der Waals surface area contributed by atoms with Gasteiger partial charge in [0.2, 0.25) is 0 Å². The number of nitrogens with zero attached hydrogens (tertiary/aromatic N) is 3. The van der Waals surface area contributed by atoms with Gasteiger partial charge in [0.1, 0.15) is 5.75 Å². The molecule has 0 bridgehead atoms. The first-order chi connectivity index (χ1) is 14.7. The zero-order chi connectivity index (χ0) is 21.2. The molecule has 0 saturated carbocycles. The summed E-state index contributed by atoms with van der Waals surface area (Å²) in [4.78, 5) is 11.2. The fourth-order valence-electron chi connectivity index (χ4n) is 3.84. The number of nitrogens with one attached hydrogen (secondary N) is 1. The van der Waals surface area contributed by atoms with Crippen molar-refractivity contribution in [3.63, 3.8) is 0 Å². The van der Waals surface area contributed by atoms with E-state index in [1.165, 1.54) is 23.3 Å². The minimum Gasteiger partial charge on any atom is -0.497 e. The Hall–Kier alpha value is -2.05. The van der Waals surface area contributed by atoms with Crippen LogP contribution in [0.1, 0.15) is 30.2 Å². The summed E-state index contributed by atoms with van der Waals surface area (Å²) in [5.41, 5.74) is 1.36. The number of likely N-dealkylation sites (N-methyl/N-ethyl adjacent to an activating group) is 1. The van der Waals surface area contributed by atoms with Crippen molar-refractivity contribution < 1.29 is 4.74 Å². The van der Waals surface area contributed by atoms with Crippen LogP contribution >= 0.6 is 11.3 Å². The summed E-state index contributed by atoms with van der Waals surface area (Å²) >= 11 is 1.83. The van der Waals surface area contributed by atoms with Gasteiger partial charge in [0.15, 0.2) is 5.96 Å². The maximum atomic E-state index is 5.25. The average molecular weight is 429 g/mol.